The molecule has 0 aliphatic carbocycles. The van der Waals surface area contributed by atoms with Crippen LogP contribution in [0.4, 0.5) is 4.79 Å². The highest BCUT2D eigenvalue weighted by Gasteiger charge is 2.43. The first-order chi connectivity index (χ1) is 13.3. The van der Waals surface area contributed by atoms with Crippen molar-refractivity contribution in [1.29, 1.82) is 0 Å². The van der Waals surface area contributed by atoms with Crippen molar-refractivity contribution in [2.24, 2.45) is 0 Å². The van der Waals surface area contributed by atoms with Crippen LogP contribution in [0.25, 0.3) is 6.08 Å². The van der Waals surface area contributed by atoms with E-state index in [1.807, 2.05) is 87.5 Å². The molecule has 0 aromatic heterocycles. The van der Waals surface area contributed by atoms with E-state index in [9.17, 15) is 9.90 Å². The van der Waals surface area contributed by atoms with E-state index < -0.39 is 24.0 Å². The highest BCUT2D eigenvalue weighted by molar-refractivity contribution is 5.70. The lowest BCUT2D eigenvalue weighted by Crippen LogP contribution is -2.46. The number of aliphatic hydroxyl groups excluding tert-OH is 1. The Labute approximate surface area is 166 Å². The Morgan fingerprint density at radius 1 is 1.14 bits per heavy atom. The van der Waals surface area contributed by atoms with Crippen molar-refractivity contribution in [2.75, 3.05) is 6.61 Å². The molecule has 3 rings (SSSR count). The van der Waals surface area contributed by atoms with Crippen molar-refractivity contribution in [1.82, 2.24) is 4.90 Å². The molecule has 0 radical (unpaired) electrons. The van der Waals surface area contributed by atoms with Crippen LogP contribution in [0.3, 0.4) is 0 Å². The van der Waals surface area contributed by atoms with E-state index in [0.717, 1.165) is 11.1 Å². The summed E-state index contributed by atoms with van der Waals surface area (Å²) >= 11 is 0. The fourth-order valence-electron chi connectivity index (χ4n) is 3.14. The third kappa shape index (κ3) is 5.00. The molecule has 2 aromatic rings. The SMILES string of the molecule is CC(C)(C)OC(=O)N1[C@@H]([C@@H](O)/C=C\c2ccccc2)OC[C@H]1c1ccccc1. The predicted molar refractivity (Wildman–Crippen MR) is 108 cm³/mol. The minimum atomic E-state index is -0.985. The molecule has 1 saturated heterocycles. The van der Waals surface area contributed by atoms with E-state index in [1.54, 1.807) is 6.08 Å². The highest BCUT2D eigenvalue weighted by atomic mass is 16.6. The van der Waals surface area contributed by atoms with E-state index in [2.05, 4.69) is 0 Å². The number of hydrogen-bond donors (Lipinski definition) is 1. The lowest BCUT2D eigenvalue weighted by atomic mass is 10.1. The highest BCUT2D eigenvalue weighted by Crippen LogP contribution is 2.33. The quantitative estimate of drug-likeness (QED) is 0.853. The maximum atomic E-state index is 12.9. The molecule has 5 heteroatoms. The van der Waals surface area contributed by atoms with Crippen LogP contribution < -0.4 is 0 Å². The molecule has 5 nitrogen and oxygen atoms in total. The van der Waals surface area contributed by atoms with Gasteiger partial charge in [0.05, 0.1) is 12.6 Å². The van der Waals surface area contributed by atoms with Crippen LogP contribution in [0.2, 0.25) is 0 Å². The topological polar surface area (TPSA) is 59.0 Å². The van der Waals surface area contributed by atoms with E-state index >= 15 is 0 Å². The molecule has 1 heterocycles. The number of nitrogens with zero attached hydrogens (tertiary/aromatic N) is 1. The summed E-state index contributed by atoms with van der Waals surface area (Å²) in [6, 6.07) is 19.0. The smallest absolute Gasteiger partial charge is 0.413 e. The zero-order valence-corrected chi connectivity index (χ0v) is 16.5. The number of benzene rings is 2. The normalized spacial score (nSPS) is 21.1. The standard InChI is InChI=1S/C23H27NO4/c1-23(2,3)28-22(26)24-19(18-12-8-5-9-13-18)16-27-21(24)20(25)15-14-17-10-6-4-7-11-17/h4-15,19-21,25H,16H2,1-3H3/b15-14-/t19-,20-,21+/m0/s1. The van der Waals surface area contributed by atoms with Crippen molar-refractivity contribution in [3.63, 3.8) is 0 Å². The maximum Gasteiger partial charge on any atom is 0.413 e. The molecule has 1 aliphatic rings. The van der Waals surface area contributed by atoms with Crippen LogP contribution in [-0.2, 0) is 9.47 Å². The van der Waals surface area contributed by atoms with E-state index in [-0.39, 0.29) is 6.04 Å². The minimum Gasteiger partial charge on any atom is -0.444 e. The van der Waals surface area contributed by atoms with Gasteiger partial charge in [0.25, 0.3) is 0 Å². The molecule has 28 heavy (non-hydrogen) atoms. The lowest BCUT2D eigenvalue weighted by Gasteiger charge is -2.32. The zero-order chi connectivity index (χ0) is 20.1. The number of carbonyl (C=O) groups is 1. The van der Waals surface area contributed by atoms with Gasteiger partial charge in [-0.2, -0.15) is 0 Å². The van der Waals surface area contributed by atoms with E-state index in [1.165, 1.54) is 4.90 Å². The lowest BCUT2D eigenvalue weighted by molar-refractivity contribution is -0.0546. The van der Waals surface area contributed by atoms with Crippen LogP contribution >= 0.6 is 0 Å². The Hall–Kier alpha value is -2.63. The average Bonchev–Trinajstić information content (AvgIpc) is 3.12. The molecule has 1 amide bonds. The number of amides is 1. The first-order valence-corrected chi connectivity index (χ1v) is 9.44. The summed E-state index contributed by atoms with van der Waals surface area (Å²) in [6.45, 7) is 5.75. The molecule has 1 fully saturated rings. The van der Waals surface area contributed by atoms with Gasteiger partial charge in [-0.3, -0.25) is 4.90 Å². The van der Waals surface area contributed by atoms with Gasteiger partial charge < -0.3 is 14.6 Å². The fraction of sp³-hybridized carbons (Fsp3) is 0.348. The van der Waals surface area contributed by atoms with Crippen molar-refractivity contribution >= 4 is 12.2 Å². The Morgan fingerprint density at radius 2 is 1.75 bits per heavy atom. The summed E-state index contributed by atoms with van der Waals surface area (Å²) in [6.07, 6.45) is 1.15. The van der Waals surface area contributed by atoms with Crippen molar-refractivity contribution in [3.05, 3.63) is 77.9 Å². The second-order valence-corrected chi connectivity index (χ2v) is 7.80. The zero-order valence-electron chi connectivity index (χ0n) is 16.5. The Bertz CT molecular complexity index is 798. The maximum absolute atomic E-state index is 12.9. The molecule has 0 bridgehead atoms. The van der Waals surface area contributed by atoms with Gasteiger partial charge in [0.1, 0.15) is 11.7 Å². The Kier molecular flexibility index (Phi) is 6.17. The monoisotopic (exact) mass is 381 g/mol. The first kappa shape index (κ1) is 20.1. The van der Waals surface area contributed by atoms with Crippen LogP contribution in [0, 0.1) is 0 Å². The van der Waals surface area contributed by atoms with Gasteiger partial charge in [-0.25, -0.2) is 4.79 Å². The van der Waals surface area contributed by atoms with Crippen molar-refractivity contribution in [3.8, 4) is 0 Å². The van der Waals surface area contributed by atoms with E-state index in [0.29, 0.717) is 6.61 Å². The summed E-state index contributed by atoms with van der Waals surface area (Å²) in [4.78, 5) is 14.4. The molecule has 3 atom stereocenters. The first-order valence-electron chi connectivity index (χ1n) is 9.44. The summed E-state index contributed by atoms with van der Waals surface area (Å²) in [7, 11) is 0. The van der Waals surface area contributed by atoms with Crippen molar-refractivity contribution < 1.29 is 19.4 Å². The molecular weight excluding hydrogens is 354 g/mol. The summed E-state index contributed by atoms with van der Waals surface area (Å²) in [5, 5.41) is 10.7. The molecular formula is C23H27NO4. The fourth-order valence-corrected chi connectivity index (χ4v) is 3.14. The number of aliphatic hydroxyl groups is 1. The van der Waals surface area contributed by atoms with Gasteiger partial charge in [0, 0.05) is 0 Å². The Morgan fingerprint density at radius 3 is 2.36 bits per heavy atom. The number of carbonyl (C=O) groups excluding carboxylic acids is 1. The predicted octanol–water partition coefficient (Wildman–Crippen LogP) is 4.40. The molecule has 1 N–H and O–H groups in total. The summed E-state index contributed by atoms with van der Waals surface area (Å²) in [5.74, 6) is 0. The average molecular weight is 381 g/mol. The largest absolute Gasteiger partial charge is 0.444 e. The minimum absolute atomic E-state index is 0.296. The second kappa shape index (κ2) is 8.59. The molecule has 2 aromatic carbocycles. The number of rotatable bonds is 4. The molecule has 0 spiro atoms. The van der Waals surface area contributed by atoms with Crippen LogP contribution in [0.15, 0.2) is 66.7 Å². The number of hydrogen-bond acceptors (Lipinski definition) is 4. The van der Waals surface area contributed by atoms with Gasteiger partial charge in [-0.15, -0.1) is 0 Å². The molecule has 148 valence electrons. The molecule has 0 saturated carbocycles. The molecule has 0 unspecified atom stereocenters. The Balaban J connectivity index is 1.84. The second-order valence-electron chi connectivity index (χ2n) is 7.80. The summed E-state index contributed by atoms with van der Waals surface area (Å²) in [5.41, 5.74) is 1.26. The van der Waals surface area contributed by atoms with Crippen LogP contribution in [0.1, 0.15) is 37.9 Å². The van der Waals surface area contributed by atoms with Crippen LogP contribution in [0.5, 0.6) is 0 Å². The third-order valence-electron chi connectivity index (χ3n) is 4.40. The van der Waals surface area contributed by atoms with Gasteiger partial charge >= 0.3 is 6.09 Å². The van der Waals surface area contributed by atoms with E-state index in [4.69, 9.17) is 9.47 Å². The van der Waals surface area contributed by atoms with Gasteiger partial charge in [-0.05, 0) is 31.9 Å². The van der Waals surface area contributed by atoms with Crippen LogP contribution in [-0.4, -0.2) is 40.6 Å². The third-order valence-corrected chi connectivity index (χ3v) is 4.40. The van der Waals surface area contributed by atoms with Gasteiger partial charge in [0.2, 0.25) is 0 Å². The van der Waals surface area contributed by atoms with Gasteiger partial charge in [-0.1, -0.05) is 72.8 Å². The van der Waals surface area contributed by atoms with Gasteiger partial charge in [0.15, 0.2) is 6.23 Å². The number of ether oxygens (including phenoxy) is 2. The molecule has 1 aliphatic heterocycles. The summed E-state index contributed by atoms with van der Waals surface area (Å²) < 4.78 is 11.4. The van der Waals surface area contributed by atoms with Crippen molar-refractivity contribution in [2.45, 2.75) is 44.7 Å².